The molecule has 0 aliphatic rings. The number of hydrogen-bond acceptors (Lipinski definition) is 6. The van der Waals surface area contributed by atoms with Crippen LogP contribution in [0, 0.1) is 25.2 Å². The Labute approximate surface area is 166 Å². The first-order valence-electron chi connectivity index (χ1n) is 8.16. The van der Waals surface area contributed by atoms with Crippen molar-refractivity contribution in [2.75, 3.05) is 11.9 Å². The Kier molecular flexibility index (Phi) is 6.83. The molecule has 0 fully saturated rings. The van der Waals surface area contributed by atoms with E-state index < -0.39 is 11.9 Å². The Morgan fingerprint density at radius 3 is 2.63 bits per heavy atom. The quantitative estimate of drug-likeness (QED) is 0.715. The lowest BCUT2D eigenvalue weighted by Crippen LogP contribution is -2.20. The number of amides is 1. The number of anilines is 1. The molecule has 0 radical (unpaired) electrons. The third kappa shape index (κ3) is 5.22. The third-order valence-corrected chi connectivity index (χ3v) is 4.96. The fraction of sp³-hybridized carbons (Fsp3) is 0.316. The number of aryl methyl sites for hydroxylation is 1. The van der Waals surface area contributed by atoms with E-state index in [1.807, 2.05) is 13.0 Å². The van der Waals surface area contributed by atoms with Gasteiger partial charge in [-0.05, 0) is 57.0 Å². The van der Waals surface area contributed by atoms with Crippen LogP contribution in [-0.2, 0) is 9.53 Å². The highest BCUT2D eigenvalue weighted by Gasteiger charge is 2.23. The SMILES string of the molecule is Cc1cc(Cl)ccc1OCC(=O)Nc1sc(C(=O)OC(C)C)c(C)c1C#N. The molecular formula is C19H19ClN2O4S. The van der Waals surface area contributed by atoms with Crippen molar-refractivity contribution in [1.29, 1.82) is 5.26 Å². The minimum absolute atomic E-state index is 0.240. The monoisotopic (exact) mass is 406 g/mol. The van der Waals surface area contributed by atoms with Gasteiger partial charge in [0.1, 0.15) is 21.7 Å². The number of rotatable bonds is 6. The largest absolute Gasteiger partial charge is 0.483 e. The van der Waals surface area contributed by atoms with Crippen molar-refractivity contribution >= 4 is 39.8 Å². The number of carbonyl (C=O) groups excluding carboxylic acids is 2. The van der Waals surface area contributed by atoms with E-state index in [1.165, 1.54) is 0 Å². The lowest BCUT2D eigenvalue weighted by molar-refractivity contribution is -0.118. The highest BCUT2D eigenvalue weighted by atomic mass is 35.5. The summed E-state index contributed by atoms with van der Waals surface area (Å²) in [6.45, 7) is 6.71. The maximum absolute atomic E-state index is 12.2. The van der Waals surface area contributed by atoms with Gasteiger partial charge in [-0.1, -0.05) is 11.6 Å². The predicted molar refractivity (Wildman–Crippen MR) is 105 cm³/mol. The van der Waals surface area contributed by atoms with Crippen LogP contribution < -0.4 is 10.1 Å². The topological polar surface area (TPSA) is 88.4 Å². The van der Waals surface area contributed by atoms with Crippen LogP contribution in [0.5, 0.6) is 5.75 Å². The van der Waals surface area contributed by atoms with Crippen LogP contribution in [0.25, 0.3) is 0 Å². The van der Waals surface area contributed by atoms with E-state index >= 15 is 0 Å². The Balaban J connectivity index is 2.10. The lowest BCUT2D eigenvalue weighted by atomic mass is 10.2. The summed E-state index contributed by atoms with van der Waals surface area (Å²) < 4.78 is 10.7. The van der Waals surface area contributed by atoms with Gasteiger partial charge in [0.15, 0.2) is 6.61 Å². The predicted octanol–water partition coefficient (Wildman–Crippen LogP) is 4.47. The molecule has 0 saturated heterocycles. The molecule has 1 N–H and O–H groups in total. The van der Waals surface area contributed by atoms with Crippen LogP contribution in [-0.4, -0.2) is 24.6 Å². The number of thiophene rings is 1. The van der Waals surface area contributed by atoms with Crippen molar-refractivity contribution in [3.63, 3.8) is 0 Å². The summed E-state index contributed by atoms with van der Waals surface area (Å²) >= 11 is 6.91. The molecule has 1 heterocycles. The fourth-order valence-electron chi connectivity index (χ4n) is 2.28. The molecule has 27 heavy (non-hydrogen) atoms. The first-order chi connectivity index (χ1) is 12.7. The smallest absolute Gasteiger partial charge is 0.348 e. The zero-order valence-electron chi connectivity index (χ0n) is 15.4. The van der Waals surface area contributed by atoms with Gasteiger partial charge in [0.05, 0.1) is 11.7 Å². The minimum Gasteiger partial charge on any atom is -0.483 e. The summed E-state index contributed by atoms with van der Waals surface area (Å²) in [5.74, 6) is -0.415. The average Bonchev–Trinajstić information content (AvgIpc) is 2.89. The summed E-state index contributed by atoms with van der Waals surface area (Å²) in [4.78, 5) is 24.7. The number of carbonyl (C=O) groups is 2. The number of nitrogens with zero attached hydrogens (tertiary/aromatic N) is 1. The number of ether oxygens (including phenoxy) is 2. The van der Waals surface area contributed by atoms with Gasteiger partial charge in [0, 0.05) is 5.02 Å². The first kappa shape index (κ1) is 20.7. The number of hydrogen-bond donors (Lipinski definition) is 1. The van der Waals surface area contributed by atoms with Crippen LogP contribution in [0.4, 0.5) is 5.00 Å². The van der Waals surface area contributed by atoms with Crippen LogP contribution in [0.1, 0.15) is 40.2 Å². The van der Waals surface area contributed by atoms with Gasteiger partial charge in [-0.15, -0.1) is 11.3 Å². The highest BCUT2D eigenvalue weighted by molar-refractivity contribution is 7.18. The van der Waals surface area contributed by atoms with E-state index in [1.54, 1.807) is 39.0 Å². The summed E-state index contributed by atoms with van der Waals surface area (Å²) in [6, 6.07) is 7.11. The van der Waals surface area contributed by atoms with Crippen LogP contribution in [0.15, 0.2) is 18.2 Å². The molecule has 0 unspecified atom stereocenters. The van der Waals surface area contributed by atoms with Crippen molar-refractivity contribution in [3.8, 4) is 11.8 Å². The molecule has 2 rings (SSSR count). The lowest BCUT2D eigenvalue weighted by Gasteiger charge is -2.09. The molecule has 0 bridgehead atoms. The number of halogens is 1. The summed E-state index contributed by atoms with van der Waals surface area (Å²) in [5, 5.41) is 12.9. The first-order valence-corrected chi connectivity index (χ1v) is 9.35. The standard InChI is InChI=1S/C19H19ClN2O4S/c1-10(2)26-19(24)17-12(4)14(8-21)18(27-17)22-16(23)9-25-15-6-5-13(20)7-11(15)3/h5-7,10H,9H2,1-4H3,(H,22,23). The number of nitriles is 1. The second kappa shape index (κ2) is 8.89. The Morgan fingerprint density at radius 2 is 2.04 bits per heavy atom. The minimum atomic E-state index is -0.516. The molecular weight excluding hydrogens is 388 g/mol. The van der Waals surface area contributed by atoms with E-state index in [4.69, 9.17) is 21.1 Å². The Bertz CT molecular complexity index is 915. The van der Waals surface area contributed by atoms with Crippen molar-refractivity contribution in [3.05, 3.63) is 44.8 Å². The maximum atomic E-state index is 12.2. The van der Waals surface area contributed by atoms with Gasteiger partial charge in [0.25, 0.3) is 5.91 Å². The van der Waals surface area contributed by atoms with Crippen LogP contribution in [0.3, 0.4) is 0 Å². The van der Waals surface area contributed by atoms with E-state index in [0.29, 0.717) is 26.2 Å². The van der Waals surface area contributed by atoms with Gasteiger partial charge in [-0.25, -0.2) is 4.79 Å². The molecule has 142 valence electrons. The van der Waals surface area contributed by atoms with Crippen molar-refractivity contribution in [2.45, 2.75) is 33.8 Å². The molecule has 2 aromatic rings. The van der Waals surface area contributed by atoms with Gasteiger partial charge >= 0.3 is 5.97 Å². The van der Waals surface area contributed by atoms with Crippen molar-refractivity contribution in [2.24, 2.45) is 0 Å². The maximum Gasteiger partial charge on any atom is 0.348 e. The zero-order valence-corrected chi connectivity index (χ0v) is 17.0. The van der Waals surface area contributed by atoms with Gasteiger partial charge in [-0.2, -0.15) is 5.26 Å². The molecule has 0 saturated carbocycles. The third-order valence-electron chi connectivity index (χ3n) is 3.54. The highest BCUT2D eigenvalue weighted by Crippen LogP contribution is 2.33. The zero-order chi connectivity index (χ0) is 20.1. The molecule has 0 spiro atoms. The van der Waals surface area contributed by atoms with Crippen LogP contribution in [0.2, 0.25) is 5.02 Å². The molecule has 6 nitrogen and oxygen atoms in total. The number of nitrogens with one attached hydrogen (secondary N) is 1. The Morgan fingerprint density at radius 1 is 1.33 bits per heavy atom. The molecule has 0 aliphatic carbocycles. The normalized spacial score (nSPS) is 10.4. The average molecular weight is 407 g/mol. The van der Waals surface area contributed by atoms with Crippen LogP contribution >= 0.6 is 22.9 Å². The van der Waals surface area contributed by atoms with Gasteiger partial charge in [-0.3, -0.25) is 4.79 Å². The van der Waals surface area contributed by atoms with E-state index in [-0.39, 0.29) is 18.3 Å². The second-order valence-corrected chi connectivity index (χ2v) is 7.53. The summed E-state index contributed by atoms with van der Waals surface area (Å²) in [6.07, 6.45) is -0.279. The second-order valence-electron chi connectivity index (χ2n) is 6.07. The molecule has 1 aromatic carbocycles. The van der Waals surface area contributed by atoms with Gasteiger partial charge < -0.3 is 14.8 Å². The van der Waals surface area contributed by atoms with Gasteiger partial charge in [0.2, 0.25) is 0 Å². The van der Waals surface area contributed by atoms with E-state index in [2.05, 4.69) is 5.32 Å². The molecule has 0 aliphatic heterocycles. The van der Waals surface area contributed by atoms with E-state index in [9.17, 15) is 14.9 Å². The molecule has 1 amide bonds. The van der Waals surface area contributed by atoms with E-state index in [0.717, 1.165) is 16.9 Å². The molecule has 8 heteroatoms. The van der Waals surface area contributed by atoms with Crippen molar-refractivity contribution < 1.29 is 19.1 Å². The number of benzene rings is 1. The molecule has 1 aromatic heterocycles. The molecule has 0 atom stereocenters. The number of esters is 1. The summed E-state index contributed by atoms with van der Waals surface area (Å²) in [5.41, 5.74) is 1.53. The summed E-state index contributed by atoms with van der Waals surface area (Å²) in [7, 11) is 0. The fourth-order valence-corrected chi connectivity index (χ4v) is 3.56. The van der Waals surface area contributed by atoms with Crippen molar-refractivity contribution in [1.82, 2.24) is 0 Å². The Hall–Kier alpha value is -2.56.